The van der Waals surface area contributed by atoms with Gasteiger partial charge in [0.1, 0.15) is 17.5 Å². The smallest absolute Gasteiger partial charge is 0.341 e. The van der Waals surface area contributed by atoms with Gasteiger partial charge in [0.2, 0.25) is 11.3 Å². The number of carboxylic acid groups (broad SMARTS) is 1. The first kappa shape index (κ1) is 22.7. The van der Waals surface area contributed by atoms with Crippen LogP contribution in [0, 0.1) is 5.92 Å². The number of halogens is 1. The van der Waals surface area contributed by atoms with Crippen molar-refractivity contribution < 1.29 is 19.1 Å². The number of aromatic carboxylic acids is 1. The topological polar surface area (TPSA) is 101 Å². The Bertz CT molecular complexity index is 1300. The van der Waals surface area contributed by atoms with Gasteiger partial charge in [0.15, 0.2) is 5.75 Å². The first-order valence-electron chi connectivity index (χ1n) is 11.3. The molecule has 2 aromatic heterocycles. The van der Waals surface area contributed by atoms with Crippen molar-refractivity contribution in [2.45, 2.75) is 31.3 Å². The standard InChI is InChI=1S/C24H27ClN4O5/c1-27(2)18(23-26-7-9-34-23)13-6-8-28(11-13)20-17(25)10-15-19(22(20)33-3)29(14-4-5-14)12-16(21(15)30)24(31)32/h7,9-10,12-14,18H,4-6,8,11H2,1-3H3,(H,31,32). The van der Waals surface area contributed by atoms with Gasteiger partial charge in [0, 0.05) is 31.2 Å². The highest BCUT2D eigenvalue weighted by Gasteiger charge is 2.37. The minimum absolute atomic E-state index is 0.00740. The summed E-state index contributed by atoms with van der Waals surface area (Å²) in [4.78, 5) is 33.4. The van der Waals surface area contributed by atoms with Gasteiger partial charge in [-0.3, -0.25) is 9.69 Å². The molecule has 34 heavy (non-hydrogen) atoms. The fourth-order valence-corrected chi connectivity index (χ4v) is 5.51. The molecule has 2 unspecified atom stereocenters. The van der Waals surface area contributed by atoms with E-state index in [9.17, 15) is 14.7 Å². The molecule has 9 nitrogen and oxygen atoms in total. The van der Waals surface area contributed by atoms with E-state index < -0.39 is 11.4 Å². The summed E-state index contributed by atoms with van der Waals surface area (Å²) in [6.45, 7) is 1.45. The van der Waals surface area contributed by atoms with Crippen molar-refractivity contribution in [2.75, 3.05) is 39.2 Å². The summed E-state index contributed by atoms with van der Waals surface area (Å²) in [6.07, 6.45) is 7.43. The lowest BCUT2D eigenvalue weighted by Gasteiger charge is -2.29. The van der Waals surface area contributed by atoms with Crippen LogP contribution < -0.4 is 15.1 Å². The Morgan fingerprint density at radius 3 is 2.71 bits per heavy atom. The molecule has 2 fully saturated rings. The van der Waals surface area contributed by atoms with Crippen LogP contribution in [0.3, 0.4) is 0 Å². The molecule has 0 bridgehead atoms. The summed E-state index contributed by atoms with van der Waals surface area (Å²) in [5.74, 6) is 0.174. The summed E-state index contributed by atoms with van der Waals surface area (Å²) in [5, 5.41) is 10.2. The zero-order valence-electron chi connectivity index (χ0n) is 19.3. The molecular formula is C24H27ClN4O5. The number of anilines is 1. The van der Waals surface area contributed by atoms with Crippen LogP contribution in [0.1, 0.15) is 47.6 Å². The van der Waals surface area contributed by atoms with Crippen molar-refractivity contribution in [1.29, 1.82) is 0 Å². The fraction of sp³-hybridized carbons (Fsp3) is 0.458. The van der Waals surface area contributed by atoms with Crippen LogP contribution in [-0.2, 0) is 0 Å². The molecule has 2 atom stereocenters. The molecule has 3 aromatic rings. The third kappa shape index (κ3) is 3.73. The van der Waals surface area contributed by atoms with Crippen LogP contribution in [-0.4, -0.2) is 59.8 Å². The Morgan fingerprint density at radius 2 is 2.12 bits per heavy atom. The maximum absolute atomic E-state index is 13.0. The molecule has 0 radical (unpaired) electrons. The van der Waals surface area contributed by atoms with E-state index in [0.29, 0.717) is 28.7 Å². The number of pyridine rings is 1. The van der Waals surface area contributed by atoms with Gasteiger partial charge in [0.25, 0.3) is 0 Å². The normalized spacial score (nSPS) is 19.2. The summed E-state index contributed by atoms with van der Waals surface area (Å²) < 4.78 is 13.4. The van der Waals surface area contributed by atoms with E-state index in [1.165, 1.54) is 6.20 Å². The second-order valence-electron chi connectivity index (χ2n) is 9.23. The lowest BCUT2D eigenvalue weighted by molar-refractivity contribution is 0.0695. The van der Waals surface area contributed by atoms with Crippen molar-refractivity contribution in [3.05, 3.63) is 51.4 Å². The van der Waals surface area contributed by atoms with Gasteiger partial charge in [-0.05, 0) is 39.4 Å². The van der Waals surface area contributed by atoms with Gasteiger partial charge >= 0.3 is 5.97 Å². The van der Waals surface area contributed by atoms with E-state index in [-0.39, 0.29) is 29.0 Å². The fourth-order valence-electron chi connectivity index (χ4n) is 5.20. The Hall–Kier alpha value is -3.04. The van der Waals surface area contributed by atoms with Gasteiger partial charge in [0.05, 0.1) is 35.3 Å². The third-order valence-corrected chi connectivity index (χ3v) is 7.11. The maximum Gasteiger partial charge on any atom is 0.341 e. The zero-order chi connectivity index (χ0) is 24.1. The highest BCUT2D eigenvalue weighted by Crippen LogP contribution is 2.47. The predicted octanol–water partition coefficient (Wildman–Crippen LogP) is 3.81. The number of hydrogen-bond acceptors (Lipinski definition) is 7. The van der Waals surface area contributed by atoms with E-state index in [4.69, 9.17) is 20.8 Å². The van der Waals surface area contributed by atoms with Gasteiger partial charge in [-0.2, -0.15) is 0 Å². The Kier molecular flexibility index (Phi) is 5.77. The summed E-state index contributed by atoms with van der Waals surface area (Å²) in [6, 6.07) is 1.74. The van der Waals surface area contributed by atoms with Crippen LogP contribution >= 0.6 is 11.6 Å². The van der Waals surface area contributed by atoms with Gasteiger partial charge in [-0.15, -0.1) is 0 Å². The largest absolute Gasteiger partial charge is 0.492 e. The van der Waals surface area contributed by atoms with Crippen LogP contribution in [0.2, 0.25) is 5.02 Å². The van der Waals surface area contributed by atoms with E-state index in [1.807, 2.05) is 18.7 Å². The summed E-state index contributed by atoms with van der Waals surface area (Å²) in [5.41, 5.74) is 0.508. The molecule has 1 saturated carbocycles. The molecule has 5 rings (SSSR count). The molecule has 1 aromatic carbocycles. The molecule has 1 aliphatic heterocycles. The molecule has 1 aliphatic carbocycles. The van der Waals surface area contributed by atoms with E-state index >= 15 is 0 Å². The minimum Gasteiger partial charge on any atom is -0.492 e. The SMILES string of the molecule is COc1c(N2CCC(C(c3ncco3)N(C)C)C2)c(Cl)cc2c(=O)c(C(=O)O)cn(C3CC3)c12. The number of aromatic nitrogens is 2. The van der Waals surface area contributed by atoms with Gasteiger partial charge < -0.3 is 23.7 Å². The number of rotatable bonds is 7. The summed E-state index contributed by atoms with van der Waals surface area (Å²) in [7, 11) is 5.58. The lowest BCUT2D eigenvalue weighted by Crippen LogP contribution is -2.30. The number of ether oxygens (including phenoxy) is 1. The molecule has 3 heterocycles. The monoisotopic (exact) mass is 486 g/mol. The van der Waals surface area contributed by atoms with E-state index in [1.54, 1.807) is 25.6 Å². The van der Waals surface area contributed by atoms with Crippen LogP contribution in [0.25, 0.3) is 10.9 Å². The first-order chi connectivity index (χ1) is 16.3. The number of methoxy groups -OCH3 is 1. The second-order valence-corrected chi connectivity index (χ2v) is 9.63. The van der Waals surface area contributed by atoms with Crippen molar-refractivity contribution in [3.63, 3.8) is 0 Å². The maximum atomic E-state index is 13.0. The molecule has 1 N–H and O–H groups in total. The molecule has 10 heteroatoms. The number of carboxylic acids is 1. The average molecular weight is 487 g/mol. The molecular weight excluding hydrogens is 460 g/mol. The second kappa shape index (κ2) is 8.63. The number of fused-ring (bicyclic) bond motifs is 1. The number of carbonyl (C=O) groups is 1. The Balaban J connectivity index is 1.61. The Labute approximate surface area is 201 Å². The van der Waals surface area contributed by atoms with Gasteiger partial charge in [-0.1, -0.05) is 11.6 Å². The lowest BCUT2D eigenvalue weighted by atomic mass is 9.98. The van der Waals surface area contributed by atoms with E-state index in [2.05, 4.69) is 14.8 Å². The molecule has 1 saturated heterocycles. The van der Waals surface area contributed by atoms with Gasteiger partial charge in [-0.25, -0.2) is 9.78 Å². The third-order valence-electron chi connectivity index (χ3n) is 6.82. The molecule has 2 aliphatic rings. The molecule has 0 spiro atoms. The van der Waals surface area contributed by atoms with Crippen molar-refractivity contribution in [1.82, 2.24) is 14.5 Å². The van der Waals surface area contributed by atoms with Crippen LogP contribution in [0.5, 0.6) is 5.75 Å². The van der Waals surface area contributed by atoms with Crippen LogP contribution in [0.15, 0.2) is 33.9 Å². The number of nitrogens with zero attached hydrogens (tertiary/aromatic N) is 4. The molecule has 180 valence electrons. The zero-order valence-corrected chi connectivity index (χ0v) is 20.1. The summed E-state index contributed by atoms with van der Waals surface area (Å²) >= 11 is 6.75. The highest BCUT2D eigenvalue weighted by atomic mass is 35.5. The number of oxazole rings is 1. The highest BCUT2D eigenvalue weighted by molar-refractivity contribution is 6.35. The van der Waals surface area contributed by atoms with Crippen molar-refractivity contribution in [2.24, 2.45) is 5.92 Å². The number of benzene rings is 1. The number of hydrogen-bond donors (Lipinski definition) is 1. The van der Waals surface area contributed by atoms with E-state index in [0.717, 1.165) is 31.5 Å². The quantitative estimate of drug-likeness (QED) is 0.538. The predicted molar refractivity (Wildman–Crippen MR) is 128 cm³/mol. The van der Waals surface area contributed by atoms with Crippen molar-refractivity contribution in [3.8, 4) is 5.75 Å². The Morgan fingerprint density at radius 1 is 1.35 bits per heavy atom. The molecule has 0 amide bonds. The van der Waals surface area contributed by atoms with Crippen molar-refractivity contribution >= 4 is 34.2 Å². The average Bonchev–Trinajstić information content (AvgIpc) is 3.29. The minimum atomic E-state index is -1.25. The first-order valence-corrected chi connectivity index (χ1v) is 11.7. The van der Waals surface area contributed by atoms with Crippen LogP contribution in [0.4, 0.5) is 5.69 Å².